The minimum Gasteiger partial charge on any atom is -0.491 e. The molecule has 0 spiro atoms. The maximum atomic E-state index is 13.5. The van der Waals surface area contributed by atoms with Crippen molar-refractivity contribution in [3.63, 3.8) is 0 Å². The van der Waals surface area contributed by atoms with Gasteiger partial charge in [-0.25, -0.2) is 0 Å². The molecule has 0 aliphatic carbocycles. The molecular formula is C28H34N2O3S. The van der Waals surface area contributed by atoms with Crippen molar-refractivity contribution < 1.29 is 14.6 Å². The number of hydrogen-bond acceptors (Lipinski definition) is 5. The van der Waals surface area contributed by atoms with Crippen molar-refractivity contribution in [3.05, 3.63) is 87.6 Å². The van der Waals surface area contributed by atoms with Gasteiger partial charge in [0.25, 0.3) is 0 Å². The molecule has 34 heavy (non-hydrogen) atoms. The van der Waals surface area contributed by atoms with E-state index in [9.17, 15) is 9.90 Å². The molecule has 2 atom stereocenters. The molecule has 1 aliphatic heterocycles. The molecule has 1 amide bonds. The summed E-state index contributed by atoms with van der Waals surface area (Å²) in [7, 11) is 0. The molecule has 0 unspecified atom stereocenters. The number of para-hydroxylation sites is 1. The normalized spacial score (nSPS) is 16.4. The van der Waals surface area contributed by atoms with E-state index in [1.807, 2.05) is 78.2 Å². The summed E-state index contributed by atoms with van der Waals surface area (Å²) in [6, 6.07) is 20.0. The molecule has 5 nitrogen and oxygen atoms in total. The molecular weight excluding hydrogens is 444 g/mol. The fourth-order valence-electron chi connectivity index (χ4n) is 4.60. The number of aliphatic hydroxyl groups excluding tert-OH is 1. The molecule has 4 rings (SSSR count). The number of rotatable bonds is 10. The molecule has 180 valence electrons. The highest BCUT2D eigenvalue weighted by atomic mass is 32.1. The summed E-state index contributed by atoms with van der Waals surface area (Å²) >= 11 is 1.76. The molecule has 0 fully saturated rings. The Morgan fingerprint density at radius 2 is 1.94 bits per heavy atom. The second-order valence-corrected chi connectivity index (χ2v) is 9.90. The van der Waals surface area contributed by atoms with E-state index in [0.29, 0.717) is 39.2 Å². The topological polar surface area (TPSA) is 53.0 Å². The van der Waals surface area contributed by atoms with Gasteiger partial charge in [-0.15, -0.1) is 11.3 Å². The van der Waals surface area contributed by atoms with Gasteiger partial charge in [0.1, 0.15) is 12.4 Å². The molecule has 0 radical (unpaired) electrons. The number of benzene rings is 2. The highest BCUT2D eigenvalue weighted by Gasteiger charge is 2.33. The number of amides is 1. The predicted molar refractivity (Wildman–Crippen MR) is 137 cm³/mol. The van der Waals surface area contributed by atoms with Crippen molar-refractivity contribution in [1.29, 1.82) is 0 Å². The zero-order chi connectivity index (χ0) is 23.9. The van der Waals surface area contributed by atoms with E-state index >= 15 is 0 Å². The van der Waals surface area contributed by atoms with E-state index in [1.54, 1.807) is 11.3 Å². The Morgan fingerprint density at radius 3 is 2.71 bits per heavy atom. The molecule has 0 saturated heterocycles. The summed E-state index contributed by atoms with van der Waals surface area (Å²) in [4.78, 5) is 18.8. The standard InChI is InChI=1S/C28H34N2O3S/c1-3-29(18-23(31)17-22-10-5-4-6-11-22)19-28(32)30-15-13-27-24(14-16-34-27)25(30)20-33-26-12-8-7-9-21(26)2/h4-12,14,16,23,25,31H,3,13,15,17-20H2,1-2H3/t23-,25-/m0/s1. The van der Waals surface area contributed by atoms with Crippen molar-refractivity contribution in [2.75, 3.05) is 32.8 Å². The zero-order valence-corrected chi connectivity index (χ0v) is 20.8. The summed E-state index contributed by atoms with van der Waals surface area (Å²) in [5.74, 6) is 0.945. The third-order valence-electron chi connectivity index (χ3n) is 6.49. The molecule has 2 aromatic carbocycles. The summed E-state index contributed by atoms with van der Waals surface area (Å²) in [5, 5.41) is 12.7. The quantitative estimate of drug-likeness (QED) is 0.467. The van der Waals surface area contributed by atoms with Gasteiger partial charge in [-0.3, -0.25) is 9.69 Å². The Hall–Kier alpha value is -2.67. The molecule has 1 N–H and O–H groups in total. The summed E-state index contributed by atoms with van der Waals surface area (Å²) in [5.41, 5.74) is 3.39. The number of aryl methyl sites for hydroxylation is 1. The fraction of sp³-hybridized carbons (Fsp3) is 0.393. The number of hydrogen-bond donors (Lipinski definition) is 1. The van der Waals surface area contributed by atoms with Crippen LogP contribution >= 0.6 is 11.3 Å². The van der Waals surface area contributed by atoms with Crippen molar-refractivity contribution in [2.45, 2.75) is 38.8 Å². The first-order chi connectivity index (χ1) is 16.5. The number of thiophene rings is 1. The Labute approximate surface area is 206 Å². The lowest BCUT2D eigenvalue weighted by Gasteiger charge is -2.37. The van der Waals surface area contributed by atoms with Gasteiger partial charge >= 0.3 is 0 Å². The van der Waals surface area contributed by atoms with E-state index in [4.69, 9.17) is 4.74 Å². The number of ether oxygens (including phenoxy) is 1. The van der Waals surface area contributed by atoms with Crippen molar-refractivity contribution >= 4 is 17.2 Å². The second-order valence-electron chi connectivity index (χ2n) is 8.90. The SMILES string of the molecule is CCN(CC(=O)N1CCc2sccc2[C@@H]1COc1ccccc1C)C[C@@H](O)Cc1ccccc1. The summed E-state index contributed by atoms with van der Waals surface area (Å²) in [6.45, 7) is 6.67. The van der Waals surface area contributed by atoms with Gasteiger partial charge in [0, 0.05) is 18.0 Å². The van der Waals surface area contributed by atoms with Crippen LogP contribution in [-0.2, 0) is 17.6 Å². The molecule has 1 aliphatic rings. The highest BCUT2D eigenvalue weighted by molar-refractivity contribution is 7.10. The number of likely N-dealkylation sites (N-methyl/N-ethyl adjacent to an activating group) is 1. The number of fused-ring (bicyclic) bond motifs is 1. The minimum atomic E-state index is -0.514. The third kappa shape index (κ3) is 6.06. The average Bonchev–Trinajstić information content (AvgIpc) is 3.32. The first-order valence-electron chi connectivity index (χ1n) is 12.0. The van der Waals surface area contributed by atoms with Gasteiger partial charge in [-0.2, -0.15) is 0 Å². The average molecular weight is 479 g/mol. The Kier molecular flexibility index (Phi) is 8.38. The van der Waals surface area contributed by atoms with Gasteiger partial charge in [-0.1, -0.05) is 55.5 Å². The minimum absolute atomic E-state index is 0.0870. The Bertz CT molecular complexity index is 1070. The van der Waals surface area contributed by atoms with Crippen LogP contribution in [-0.4, -0.2) is 59.7 Å². The lowest BCUT2D eigenvalue weighted by Crippen LogP contribution is -2.47. The van der Waals surface area contributed by atoms with Crippen LogP contribution in [0.4, 0.5) is 0 Å². The molecule has 3 aromatic rings. The third-order valence-corrected chi connectivity index (χ3v) is 7.49. The van der Waals surface area contributed by atoms with Gasteiger partial charge < -0.3 is 14.7 Å². The van der Waals surface area contributed by atoms with Gasteiger partial charge in [-0.05, 0) is 60.5 Å². The smallest absolute Gasteiger partial charge is 0.237 e. The first kappa shape index (κ1) is 24.5. The summed E-state index contributed by atoms with van der Waals surface area (Å²) in [6.07, 6.45) is 0.947. The van der Waals surface area contributed by atoms with E-state index in [2.05, 4.69) is 11.4 Å². The predicted octanol–water partition coefficient (Wildman–Crippen LogP) is 4.49. The molecule has 6 heteroatoms. The van der Waals surface area contributed by atoms with Gasteiger partial charge in [0.2, 0.25) is 5.91 Å². The highest BCUT2D eigenvalue weighted by Crippen LogP contribution is 2.34. The van der Waals surface area contributed by atoms with Crippen LogP contribution in [0.25, 0.3) is 0 Å². The van der Waals surface area contributed by atoms with Gasteiger partial charge in [0.15, 0.2) is 0 Å². The maximum Gasteiger partial charge on any atom is 0.237 e. The summed E-state index contributed by atoms with van der Waals surface area (Å²) < 4.78 is 6.20. The van der Waals surface area contributed by atoms with Crippen LogP contribution in [0, 0.1) is 6.92 Å². The lowest BCUT2D eigenvalue weighted by atomic mass is 10.00. The fourth-order valence-corrected chi connectivity index (χ4v) is 5.53. The van der Waals surface area contributed by atoms with Crippen LogP contribution < -0.4 is 4.74 Å². The zero-order valence-electron chi connectivity index (χ0n) is 20.0. The Morgan fingerprint density at radius 1 is 1.18 bits per heavy atom. The van der Waals surface area contributed by atoms with Crippen LogP contribution in [0.3, 0.4) is 0 Å². The molecule has 0 bridgehead atoms. The molecule has 1 aromatic heterocycles. The first-order valence-corrected chi connectivity index (χ1v) is 12.9. The Balaban J connectivity index is 1.41. The number of carbonyl (C=O) groups excluding carboxylic acids is 1. The van der Waals surface area contributed by atoms with Crippen molar-refractivity contribution in [2.24, 2.45) is 0 Å². The van der Waals surface area contributed by atoms with Crippen LogP contribution in [0.1, 0.15) is 34.5 Å². The maximum absolute atomic E-state index is 13.5. The monoisotopic (exact) mass is 478 g/mol. The number of carbonyl (C=O) groups is 1. The van der Waals surface area contributed by atoms with Gasteiger partial charge in [0.05, 0.1) is 18.7 Å². The number of nitrogens with zero attached hydrogens (tertiary/aromatic N) is 2. The van der Waals surface area contributed by atoms with Crippen LogP contribution in [0.2, 0.25) is 0 Å². The van der Waals surface area contributed by atoms with Crippen LogP contribution in [0.5, 0.6) is 5.75 Å². The number of aliphatic hydroxyl groups is 1. The van der Waals surface area contributed by atoms with Crippen LogP contribution in [0.15, 0.2) is 66.0 Å². The van der Waals surface area contributed by atoms with E-state index in [1.165, 1.54) is 10.4 Å². The van der Waals surface area contributed by atoms with Crippen molar-refractivity contribution in [1.82, 2.24) is 9.80 Å². The largest absolute Gasteiger partial charge is 0.491 e. The second kappa shape index (κ2) is 11.6. The molecule has 0 saturated carbocycles. The van der Waals surface area contributed by atoms with E-state index < -0.39 is 6.10 Å². The lowest BCUT2D eigenvalue weighted by molar-refractivity contribution is -0.136. The van der Waals surface area contributed by atoms with E-state index in [0.717, 1.165) is 23.3 Å². The van der Waals surface area contributed by atoms with Crippen molar-refractivity contribution in [3.8, 4) is 5.75 Å². The van der Waals surface area contributed by atoms with E-state index in [-0.39, 0.29) is 11.9 Å². The molecule has 2 heterocycles.